The number of fused-ring (bicyclic) bond motifs is 1. The van der Waals surface area contributed by atoms with E-state index in [2.05, 4.69) is 27.0 Å². The molecule has 0 saturated carbocycles. The molecule has 1 saturated heterocycles. The smallest absolute Gasteiger partial charge is 0.132 e. The van der Waals surface area contributed by atoms with E-state index in [1.54, 1.807) is 6.08 Å². The Morgan fingerprint density at radius 2 is 2.06 bits per heavy atom. The van der Waals surface area contributed by atoms with Crippen LogP contribution in [0.1, 0.15) is 26.7 Å². The molecule has 3 heterocycles. The van der Waals surface area contributed by atoms with E-state index in [0.29, 0.717) is 17.6 Å². The van der Waals surface area contributed by atoms with Gasteiger partial charge in [-0.2, -0.15) is 0 Å². The molecule has 1 fully saturated rings. The van der Waals surface area contributed by atoms with Gasteiger partial charge in [0.25, 0.3) is 0 Å². The highest BCUT2D eigenvalue weighted by atomic mass is 16.5. The number of amidine groups is 1. The average molecular weight is 438 g/mol. The molecule has 172 valence electrons. The molecule has 3 aliphatic rings. The van der Waals surface area contributed by atoms with Gasteiger partial charge in [-0.3, -0.25) is 0 Å². The molecule has 0 aromatic rings. The van der Waals surface area contributed by atoms with E-state index < -0.39 is 0 Å². The molecule has 8 nitrogen and oxygen atoms in total. The third-order valence-electron chi connectivity index (χ3n) is 5.83. The van der Waals surface area contributed by atoms with Crippen LogP contribution >= 0.6 is 0 Å². The number of rotatable bonds is 10. The summed E-state index contributed by atoms with van der Waals surface area (Å²) in [6.45, 7) is 7.40. The summed E-state index contributed by atoms with van der Waals surface area (Å²) < 4.78 is 5.43. The number of nitrogens with one attached hydrogen (secondary N) is 5. The molecule has 0 aromatic heterocycles. The predicted molar refractivity (Wildman–Crippen MR) is 131 cm³/mol. The Labute approximate surface area is 190 Å². The Bertz CT molecular complexity index is 886. The van der Waals surface area contributed by atoms with Crippen LogP contribution in [0.4, 0.5) is 0 Å². The molecule has 3 rings (SSSR count). The van der Waals surface area contributed by atoms with Crippen molar-refractivity contribution in [1.82, 2.24) is 16.0 Å². The normalized spacial score (nSPS) is 20.7. The molecule has 0 radical (unpaired) electrons. The third-order valence-corrected chi connectivity index (χ3v) is 5.83. The number of nitrogens with two attached hydrogens (primary N) is 1. The highest BCUT2D eigenvalue weighted by Crippen LogP contribution is 2.23. The maximum Gasteiger partial charge on any atom is 0.132 e. The first kappa shape index (κ1) is 23.7. The number of ether oxygens (including phenoxy) is 1. The van der Waals surface area contributed by atoms with Gasteiger partial charge in [0, 0.05) is 44.3 Å². The van der Waals surface area contributed by atoms with Gasteiger partial charge in [-0.25, -0.2) is 4.99 Å². The molecule has 0 bridgehead atoms. The SMILES string of the molecule is CC(C)C(C=N)=CC(N)=NC1=CC=C2NC=C(C(C=N)CNCC3CCOCC3)C=C2N1. The van der Waals surface area contributed by atoms with E-state index in [0.717, 1.165) is 61.7 Å². The fourth-order valence-electron chi connectivity index (χ4n) is 3.77. The van der Waals surface area contributed by atoms with E-state index in [-0.39, 0.29) is 11.8 Å². The Hall–Kier alpha value is -2.97. The van der Waals surface area contributed by atoms with Gasteiger partial charge in [0.2, 0.25) is 0 Å². The maximum absolute atomic E-state index is 7.91. The molecule has 1 atom stereocenters. The summed E-state index contributed by atoms with van der Waals surface area (Å²) >= 11 is 0. The van der Waals surface area contributed by atoms with Crippen LogP contribution in [0.5, 0.6) is 0 Å². The lowest BCUT2D eigenvalue weighted by Gasteiger charge is -2.26. The predicted octanol–water partition coefficient (Wildman–Crippen LogP) is 2.56. The lowest BCUT2D eigenvalue weighted by Crippen LogP contribution is -2.33. The summed E-state index contributed by atoms with van der Waals surface area (Å²) in [4.78, 5) is 4.45. The fourth-order valence-corrected chi connectivity index (χ4v) is 3.77. The van der Waals surface area contributed by atoms with E-state index in [4.69, 9.17) is 21.3 Å². The van der Waals surface area contributed by atoms with Crippen molar-refractivity contribution in [1.29, 1.82) is 10.8 Å². The third kappa shape index (κ3) is 6.51. The van der Waals surface area contributed by atoms with Crippen molar-refractivity contribution in [3.63, 3.8) is 0 Å². The van der Waals surface area contributed by atoms with Gasteiger partial charge in [-0.15, -0.1) is 0 Å². The van der Waals surface area contributed by atoms with E-state index in [1.807, 2.05) is 32.2 Å². The first-order chi connectivity index (χ1) is 15.5. The Kier molecular flexibility index (Phi) is 8.58. The minimum Gasteiger partial charge on any atom is -0.384 e. The van der Waals surface area contributed by atoms with E-state index >= 15 is 0 Å². The quantitative estimate of drug-likeness (QED) is 0.231. The van der Waals surface area contributed by atoms with Crippen molar-refractivity contribution in [3.05, 3.63) is 58.9 Å². The molecule has 3 aliphatic heterocycles. The van der Waals surface area contributed by atoms with Gasteiger partial charge >= 0.3 is 0 Å². The minimum absolute atomic E-state index is 0.0229. The molecule has 32 heavy (non-hydrogen) atoms. The second-order valence-corrected chi connectivity index (χ2v) is 8.57. The number of dihydropyridines is 2. The van der Waals surface area contributed by atoms with Crippen molar-refractivity contribution in [3.8, 4) is 0 Å². The van der Waals surface area contributed by atoms with E-state index in [9.17, 15) is 0 Å². The number of allylic oxidation sites excluding steroid dienone is 4. The summed E-state index contributed by atoms with van der Waals surface area (Å²) in [5.41, 5.74) is 9.77. The Balaban J connectivity index is 1.62. The van der Waals surface area contributed by atoms with Crippen LogP contribution in [-0.2, 0) is 4.74 Å². The fraction of sp³-hybridized carbons (Fsp3) is 0.458. The number of aliphatic imine (C=N–C) groups is 1. The van der Waals surface area contributed by atoms with E-state index in [1.165, 1.54) is 12.4 Å². The van der Waals surface area contributed by atoms with Crippen LogP contribution in [0.15, 0.2) is 63.9 Å². The van der Waals surface area contributed by atoms with Crippen LogP contribution in [0.25, 0.3) is 0 Å². The van der Waals surface area contributed by atoms with Gasteiger partial charge < -0.3 is 37.2 Å². The summed E-state index contributed by atoms with van der Waals surface area (Å²) in [6.07, 6.45) is 14.6. The van der Waals surface area contributed by atoms with Gasteiger partial charge in [-0.05, 0) is 66.7 Å². The summed E-state index contributed by atoms with van der Waals surface area (Å²) in [5, 5.41) is 25.6. The zero-order chi connectivity index (χ0) is 22.9. The second kappa shape index (κ2) is 11.6. The lowest BCUT2D eigenvalue weighted by molar-refractivity contribution is 0.0663. The van der Waals surface area contributed by atoms with Gasteiger partial charge in [-0.1, -0.05) is 13.8 Å². The Morgan fingerprint density at radius 3 is 2.75 bits per heavy atom. The van der Waals surface area contributed by atoms with Crippen molar-refractivity contribution < 1.29 is 4.74 Å². The first-order valence-electron chi connectivity index (χ1n) is 11.2. The van der Waals surface area contributed by atoms with Crippen molar-refractivity contribution in [2.24, 2.45) is 28.5 Å². The molecular weight excluding hydrogens is 402 g/mol. The molecule has 8 heteroatoms. The van der Waals surface area contributed by atoms with Crippen LogP contribution in [0.2, 0.25) is 0 Å². The molecule has 0 aromatic carbocycles. The van der Waals surface area contributed by atoms with Gasteiger partial charge in [0.15, 0.2) is 0 Å². The Morgan fingerprint density at radius 1 is 1.28 bits per heavy atom. The zero-order valence-corrected chi connectivity index (χ0v) is 18.9. The highest BCUT2D eigenvalue weighted by Gasteiger charge is 2.20. The topological polar surface area (TPSA) is 131 Å². The van der Waals surface area contributed by atoms with Crippen LogP contribution < -0.4 is 21.7 Å². The highest BCUT2D eigenvalue weighted by molar-refractivity contribution is 5.97. The second-order valence-electron chi connectivity index (χ2n) is 8.57. The van der Waals surface area contributed by atoms with Crippen molar-refractivity contribution >= 4 is 18.3 Å². The molecule has 0 aliphatic carbocycles. The van der Waals surface area contributed by atoms with Crippen LogP contribution in [0, 0.1) is 28.6 Å². The van der Waals surface area contributed by atoms with Gasteiger partial charge in [0.1, 0.15) is 11.7 Å². The number of hydrogen-bond acceptors (Lipinski definition) is 7. The average Bonchev–Trinajstić information content (AvgIpc) is 2.80. The first-order valence-corrected chi connectivity index (χ1v) is 11.2. The minimum atomic E-state index is -0.0229. The van der Waals surface area contributed by atoms with Gasteiger partial charge in [0.05, 0.1) is 11.4 Å². The lowest BCUT2D eigenvalue weighted by atomic mass is 9.96. The maximum atomic E-state index is 7.91. The molecular formula is C24H35N7O. The van der Waals surface area contributed by atoms with Crippen molar-refractivity contribution in [2.75, 3.05) is 26.3 Å². The van der Waals surface area contributed by atoms with Crippen molar-refractivity contribution in [2.45, 2.75) is 26.7 Å². The van der Waals surface area contributed by atoms with Crippen LogP contribution in [-0.4, -0.2) is 44.6 Å². The number of nitrogens with zero attached hydrogens (tertiary/aromatic N) is 1. The summed E-state index contributed by atoms with van der Waals surface area (Å²) in [7, 11) is 0. The molecule has 7 N–H and O–H groups in total. The zero-order valence-electron chi connectivity index (χ0n) is 18.9. The van der Waals surface area contributed by atoms with Crippen LogP contribution in [0.3, 0.4) is 0 Å². The molecule has 1 unspecified atom stereocenters. The monoisotopic (exact) mass is 437 g/mol. The molecule has 0 spiro atoms. The standard InChI is InChI=1S/C24H35N7O/c1-16(2)18(11-25)10-23(27)31-24-4-3-21-22(30-24)9-19(15-29-21)20(12-26)14-28-13-17-5-7-32-8-6-17/h3-4,9-12,15-17,20,25-26,28-30H,5-8,13-14H2,1-2H3,(H2,27,31). The largest absolute Gasteiger partial charge is 0.384 e. The summed E-state index contributed by atoms with van der Waals surface area (Å²) in [6, 6.07) is 0. The summed E-state index contributed by atoms with van der Waals surface area (Å²) in [5.74, 6) is 1.81. The number of hydrogen-bond donors (Lipinski definition) is 6. The molecule has 0 amide bonds.